The van der Waals surface area contributed by atoms with E-state index in [1.807, 2.05) is 67.6 Å². The monoisotopic (exact) mass is 614 g/mol. The van der Waals surface area contributed by atoms with Crippen molar-refractivity contribution in [2.45, 2.75) is 75.6 Å². The first-order chi connectivity index (χ1) is 21.0. The molecule has 2 heterocycles. The first-order valence-corrected chi connectivity index (χ1v) is 16.1. The highest BCUT2D eigenvalue weighted by Gasteiger charge is 2.36. The second-order valence-electron chi connectivity index (χ2n) is 11.1. The van der Waals surface area contributed by atoms with Crippen molar-refractivity contribution in [1.29, 1.82) is 0 Å². The third-order valence-electron chi connectivity index (χ3n) is 8.05. The number of benzene rings is 3. The van der Waals surface area contributed by atoms with Crippen LogP contribution in [0.5, 0.6) is 5.75 Å². The molecule has 222 valence electrons. The van der Waals surface area contributed by atoms with E-state index in [0.29, 0.717) is 39.8 Å². The minimum atomic E-state index is -0.500. The van der Waals surface area contributed by atoms with Crippen molar-refractivity contribution in [2.24, 2.45) is 0 Å². The molecular weight excluding hydrogens is 580 g/mol. The lowest BCUT2D eigenvalue weighted by atomic mass is 9.95. The molecule has 0 radical (unpaired) electrons. The van der Waals surface area contributed by atoms with Crippen LogP contribution in [-0.4, -0.2) is 26.8 Å². The minimum Gasteiger partial charge on any atom is -0.489 e. The number of carbonyl (C=O) groups excluding carboxylic acids is 1. The van der Waals surface area contributed by atoms with Crippen LogP contribution in [0.1, 0.15) is 67.3 Å². The molecule has 1 aliphatic heterocycles. The Morgan fingerprint density at radius 3 is 2.44 bits per heavy atom. The lowest BCUT2D eigenvalue weighted by Crippen LogP contribution is -2.32. The zero-order valence-corrected chi connectivity index (χ0v) is 26.0. The standard InChI is InChI=1S/C34H35ClN4O3S/c1-22-10-6-7-11-25(22)20-41-27-18-16-24(17-19-27)31-30(32(40)42-28-13-4-3-5-14-28)23(2)36-33-37-34(38-39(31)33)43-21-26-12-8-9-15-29(26)35/h6-12,15-19,28,31H,3-5,13-14,20-21H2,1-2H3,(H,36,37,38). The third kappa shape index (κ3) is 6.76. The molecular formula is C34H35ClN4O3S. The Morgan fingerprint density at radius 2 is 1.70 bits per heavy atom. The lowest BCUT2D eigenvalue weighted by molar-refractivity contribution is -0.146. The van der Waals surface area contributed by atoms with E-state index in [1.54, 1.807) is 4.68 Å². The summed E-state index contributed by atoms with van der Waals surface area (Å²) < 4.78 is 14.0. The van der Waals surface area contributed by atoms with Crippen LogP contribution in [0.15, 0.2) is 89.2 Å². The average Bonchev–Trinajstić information content (AvgIpc) is 3.42. The summed E-state index contributed by atoms with van der Waals surface area (Å²) in [5.74, 6) is 1.65. The van der Waals surface area contributed by atoms with Crippen molar-refractivity contribution >= 4 is 35.3 Å². The van der Waals surface area contributed by atoms with E-state index in [0.717, 1.165) is 48.1 Å². The van der Waals surface area contributed by atoms with Crippen LogP contribution in [0.2, 0.25) is 5.02 Å². The molecule has 7 nitrogen and oxygen atoms in total. The fourth-order valence-electron chi connectivity index (χ4n) is 5.60. The van der Waals surface area contributed by atoms with E-state index in [1.165, 1.54) is 23.7 Å². The number of halogens is 1. The fraction of sp³-hybridized carbons (Fsp3) is 0.324. The molecule has 1 unspecified atom stereocenters. The SMILES string of the molecule is CC1=C(C(=O)OC2CCCCC2)C(c2ccc(OCc3ccccc3C)cc2)n2nc(SCc3ccccc3Cl)nc2N1. The molecule has 1 fully saturated rings. The number of anilines is 1. The van der Waals surface area contributed by atoms with E-state index in [-0.39, 0.29) is 12.1 Å². The minimum absolute atomic E-state index is 0.0571. The van der Waals surface area contributed by atoms with Gasteiger partial charge in [-0.25, -0.2) is 9.48 Å². The number of rotatable bonds is 9. The van der Waals surface area contributed by atoms with Gasteiger partial charge in [0.1, 0.15) is 24.5 Å². The number of fused-ring (bicyclic) bond motifs is 1. The van der Waals surface area contributed by atoms with Gasteiger partial charge in [-0.15, -0.1) is 5.10 Å². The Balaban J connectivity index is 1.27. The summed E-state index contributed by atoms with van der Waals surface area (Å²) in [6.07, 6.45) is 5.11. The first kappa shape index (κ1) is 29.3. The van der Waals surface area contributed by atoms with Gasteiger partial charge in [0.05, 0.1) is 5.57 Å². The highest BCUT2D eigenvalue weighted by atomic mass is 35.5. The van der Waals surface area contributed by atoms with E-state index < -0.39 is 6.04 Å². The van der Waals surface area contributed by atoms with Crippen molar-refractivity contribution in [3.05, 3.63) is 111 Å². The van der Waals surface area contributed by atoms with Gasteiger partial charge < -0.3 is 14.8 Å². The maximum Gasteiger partial charge on any atom is 0.338 e. The third-order valence-corrected chi connectivity index (χ3v) is 9.30. The predicted molar refractivity (Wildman–Crippen MR) is 170 cm³/mol. The van der Waals surface area contributed by atoms with Crippen LogP contribution in [-0.2, 0) is 21.9 Å². The second-order valence-corrected chi connectivity index (χ2v) is 12.4. The number of nitrogens with one attached hydrogen (secondary N) is 1. The van der Waals surface area contributed by atoms with Crippen molar-refractivity contribution in [3.63, 3.8) is 0 Å². The zero-order chi connectivity index (χ0) is 29.8. The number of hydrogen-bond donors (Lipinski definition) is 1. The van der Waals surface area contributed by atoms with Crippen molar-refractivity contribution < 1.29 is 14.3 Å². The van der Waals surface area contributed by atoms with Gasteiger partial charge in [0.15, 0.2) is 0 Å². The van der Waals surface area contributed by atoms with Crippen molar-refractivity contribution in [1.82, 2.24) is 14.8 Å². The smallest absolute Gasteiger partial charge is 0.338 e. The first-order valence-electron chi connectivity index (χ1n) is 14.7. The van der Waals surface area contributed by atoms with E-state index >= 15 is 0 Å². The Morgan fingerprint density at radius 1 is 0.977 bits per heavy atom. The van der Waals surface area contributed by atoms with E-state index in [2.05, 4.69) is 24.4 Å². The molecule has 6 rings (SSSR count). The van der Waals surface area contributed by atoms with Gasteiger partial charge in [-0.2, -0.15) is 4.98 Å². The Bertz CT molecular complexity index is 1630. The number of thioether (sulfide) groups is 1. The molecule has 1 aromatic heterocycles. The summed E-state index contributed by atoms with van der Waals surface area (Å²) in [5.41, 5.74) is 5.50. The van der Waals surface area contributed by atoms with Gasteiger partial charge in [0, 0.05) is 16.5 Å². The second kappa shape index (κ2) is 13.3. The molecule has 2 aliphatic rings. The molecule has 3 aromatic carbocycles. The highest BCUT2D eigenvalue weighted by molar-refractivity contribution is 7.98. The number of ether oxygens (including phenoxy) is 2. The molecule has 43 heavy (non-hydrogen) atoms. The number of aryl methyl sites for hydroxylation is 1. The van der Waals surface area contributed by atoms with Crippen molar-refractivity contribution in [3.8, 4) is 5.75 Å². The Hall–Kier alpha value is -3.75. The summed E-state index contributed by atoms with van der Waals surface area (Å²) in [4.78, 5) is 18.5. The van der Waals surface area contributed by atoms with Gasteiger partial charge in [-0.05, 0) is 80.0 Å². The van der Waals surface area contributed by atoms with Crippen LogP contribution in [0.4, 0.5) is 5.95 Å². The predicted octanol–water partition coefficient (Wildman–Crippen LogP) is 8.28. The average molecular weight is 615 g/mol. The molecule has 1 aliphatic carbocycles. The quantitative estimate of drug-likeness (QED) is 0.150. The topological polar surface area (TPSA) is 78.3 Å². The molecule has 9 heteroatoms. The van der Waals surface area contributed by atoms with Crippen molar-refractivity contribution in [2.75, 3.05) is 5.32 Å². The number of carbonyl (C=O) groups is 1. The maximum atomic E-state index is 13.8. The van der Waals surface area contributed by atoms with Gasteiger partial charge in [-0.1, -0.05) is 84.4 Å². The maximum absolute atomic E-state index is 13.8. The van der Waals surface area contributed by atoms with Crippen LogP contribution in [0, 0.1) is 6.92 Å². The van der Waals surface area contributed by atoms with E-state index in [4.69, 9.17) is 31.2 Å². The normalized spacial score (nSPS) is 16.9. The Labute approximate surface area is 261 Å². The number of esters is 1. The molecule has 0 bridgehead atoms. The van der Waals surface area contributed by atoms with Crippen LogP contribution in [0.25, 0.3) is 0 Å². The van der Waals surface area contributed by atoms with Gasteiger partial charge in [0.2, 0.25) is 11.1 Å². The largest absolute Gasteiger partial charge is 0.489 e. The molecule has 1 atom stereocenters. The van der Waals surface area contributed by atoms with Gasteiger partial charge in [0.25, 0.3) is 0 Å². The molecule has 1 saturated carbocycles. The summed E-state index contributed by atoms with van der Waals surface area (Å²) >= 11 is 7.89. The highest BCUT2D eigenvalue weighted by Crippen LogP contribution is 2.38. The van der Waals surface area contributed by atoms with E-state index in [9.17, 15) is 4.79 Å². The summed E-state index contributed by atoms with van der Waals surface area (Å²) in [6, 6.07) is 23.3. The summed E-state index contributed by atoms with van der Waals surface area (Å²) in [7, 11) is 0. The van der Waals surface area contributed by atoms with Crippen LogP contribution >= 0.6 is 23.4 Å². The molecule has 0 spiro atoms. The molecule has 0 saturated heterocycles. The Kier molecular flexibility index (Phi) is 9.05. The lowest BCUT2D eigenvalue weighted by Gasteiger charge is -2.30. The molecule has 0 amide bonds. The number of aromatic nitrogens is 3. The number of nitrogens with zero attached hydrogens (tertiary/aromatic N) is 3. The summed E-state index contributed by atoms with van der Waals surface area (Å²) in [6.45, 7) is 4.47. The number of allylic oxidation sites excluding steroid dienone is 1. The summed E-state index contributed by atoms with van der Waals surface area (Å²) in [5, 5.41) is 9.49. The van der Waals surface area contributed by atoms with Gasteiger partial charge >= 0.3 is 5.97 Å². The van der Waals surface area contributed by atoms with Crippen LogP contribution in [0.3, 0.4) is 0 Å². The van der Waals surface area contributed by atoms with Gasteiger partial charge in [-0.3, -0.25) is 0 Å². The zero-order valence-electron chi connectivity index (χ0n) is 24.4. The molecule has 1 N–H and O–H groups in total. The van der Waals surface area contributed by atoms with Crippen LogP contribution < -0.4 is 10.1 Å². The fourth-order valence-corrected chi connectivity index (χ4v) is 6.71. The number of hydrogen-bond acceptors (Lipinski definition) is 7. The molecule has 4 aromatic rings.